The van der Waals surface area contributed by atoms with Crippen molar-refractivity contribution in [2.45, 2.75) is 0 Å². The predicted molar refractivity (Wildman–Crippen MR) is 71.7 cm³/mol. The van der Waals surface area contributed by atoms with E-state index in [9.17, 15) is 14.9 Å². The van der Waals surface area contributed by atoms with Crippen molar-refractivity contribution in [3.63, 3.8) is 0 Å². The summed E-state index contributed by atoms with van der Waals surface area (Å²) in [6, 6.07) is 4.41. The number of carbonyl (C=O) groups is 1. The summed E-state index contributed by atoms with van der Waals surface area (Å²) in [5, 5.41) is 13.8. The van der Waals surface area contributed by atoms with Crippen LogP contribution in [-0.4, -0.2) is 42.9 Å². The van der Waals surface area contributed by atoms with Crippen molar-refractivity contribution in [1.82, 2.24) is 10.2 Å². The average molecular weight is 316 g/mol. The van der Waals surface area contributed by atoms with E-state index in [1.807, 2.05) is 0 Å². The highest BCUT2D eigenvalue weighted by Gasteiger charge is 2.22. The van der Waals surface area contributed by atoms with Crippen LogP contribution in [0.15, 0.2) is 22.7 Å². The molecule has 0 atom stereocenters. The Labute approximate surface area is 113 Å². The summed E-state index contributed by atoms with van der Waals surface area (Å²) < 4.78 is 0.573. The molecule has 0 unspecified atom stereocenters. The molecule has 0 radical (unpaired) electrons. The lowest BCUT2D eigenvalue weighted by Crippen LogP contribution is -2.33. The van der Waals surface area contributed by atoms with Crippen LogP contribution in [-0.2, 0) is 0 Å². The third-order valence-electron chi connectivity index (χ3n) is 2.43. The molecule has 1 amide bonds. The van der Waals surface area contributed by atoms with E-state index in [0.717, 1.165) is 0 Å². The van der Waals surface area contributed by atoms with Crippen LogP contribution in [0.4, 0.5) is 5.69 Å². The first-order valence-electron chi connectivity index (χ1n) is 5.31. The summed E-state index contributed by atoms with van der Waals surface area (Å²) in [5.74, 6) is -0.357. The van der Waals surface area contributed by atoms with Crippen LogP contribution in [0.3, 0.4) is 0 Å². The second kappa shape index (κ2) is 6.46. The van der Waals surface area contributed by atoms with Crippen molar-refractivity contribution >= 4 is 27.5 Å². The van der Waals surface area contributed by atoms with Crippen LogP contribution >= 0.6 is 15.9 Å². The molecular formula is C11H14BrN3O3. The van der Waals surface area contributed by atoms with E-state index in [-0.39, 0.29) is 17.2 Å². The molecule has 0 aliphatic carbocycles. The van der Waals surface area contributed by atoms with E-state index in [1.54, 1.807) is 20.2 Å². The number of benzene rings is 1. The van der Waals surface area contributed by atoms with Gasteiger partial charge in [-0.1, -0.05) is 15.9 Å². The predicted octanol–water partition coefficient (Wildman–Crippen LogP) is 1.65. The second-order valence-electron chi connectivity index (χ2n) is 3.75. The Kier molecular flexibility index (Phi) is 5.24. The number of hydrogen-bond donors (Lipinski definition) is 1. The van der Waals surface area contributed by atoms with Gasteiger partial charge in [-0.05, 0) is 19.2 Å². The van der Waals surface area contributed by atoms with E-state index in [0.29, 0.717) is 17.6 Å². The normalized spacial score (nSPS) is 10.2. The molecule has 0 bridgehead atoms. The number of hydrogen-bond acceptors (Lipinski definition) is 4. The van der Waals surface area contributed by atoms with Crippen LogP contribution in [0.2, 0.25) is 0 Å². The topological polar surface area (TPSA) is 75.5 Å². The lowest BCUT2D eigenvalue weighted by molar-refractivity contribution is -0.385. The van der Waals surface area contributed by atoms with Crippen LogP contribution in [0, 0.1) is 10.1 Å². The van der Waals surface area contributed by atoms with E-state index >= 15 is 0 Å². The number of likely N-dealkylation sites (N-methyl/N-ethyl adjacent to an activating group) is 2. The SMILES string of the molecule is CNCCN(C)C(=O)c1ccc(Br)cc1[N+](=O)[O-]. The third kappa shape index (κ3) is 3.51. The Morgan fingerprint density at radius 3 is 2.78 bits per heavy atom. The Morgan fingerprint density at radius 2 is 2.22 bits per heavy atom. The van der Waals surface area contributed by atoms with Gasteiger partial charge < -0.3 is 10.2 Å². The van der Waals surface area contributed by atoms with Gasteiger partial charge in [0.25, 0.3) is 11.6 Å². The molecule has 18 heavy (non-hydrogen) atoms. The van der Waals surface area contributed by atoms with Gasteiger partial charge in [-0.25, -0.2) is 0 Å². The molecule has 1 N–H and O–H groups in total. The molecular weight excluding hydrogens is 302 g/mol. The largest absolute Gasteiger partial charge is 0.340 e. The van der Waals surface area contributed by atoms with Gasteiger partial charge >= 0.3 is 0 Å². The number of amides is 1. The number of nitrogens with one attached hydrogen (secondary N) is 1. The van der Waals surface area contributed by atoms with Crippen molar-refractivity contribution in [2.75, 3.05) is 27.2 Å². The number of carbonyl (C=O) groups excluding carboxylic acids is 1. The maximum absolute atomic E-state index is 12.1. The molecule has 0 heterocycles. The van der Waals surface area contributed by atoms with Gasteiger partial charge in [-0.2, -0.15) is 0 Å². The average Bonchev–Trinajstić information content (AvgIpc) is 2.34. The number of nitrogens with zero attached hydrogens (tertiary/aromatic N) is 2. The van der Waals surface area contributed by atoms with Crippen LogP contribution < -0.4 is 5.32 Å². The first-order chi connectivity index (χ1) is 8.47. The lowest BCUT2D eigenvalue weighted by Gasteiger charge is -2.16. The van der Waals surface area contributed by atoms with Gasteiger partial charge in [0.2, 0.25) is 0 Å². The fraction of sp³-hybridized carbons (Fsp3) is 0.364. The number of nitro groups is 1. The van der Waals surface area contributed by atoms with Gasteiger partial charge in [0, 0.05) is 30.7 Å². The van der Waals surface area contributed by atoms with Crippen LogP contribution in [0.25, 0.3) is 0 Å². The van der Waals surface area contributed by atoms with E-state index in [1.165, 1.54) is 17.0 Å². The molecule has 0 saturated heterocycles. The van der Waals surface area contributed by atoms with Gasteiger partial charge in [-0.15, -0.1) is 0 Å². The van der Waals surface area contributed by atoms with Crippen LogP contribution in [0.1, 0.15) is 10.4 Å². The zero-order valence-electron chi connectivity index (χ0n) is 10.1. The van der Waals surface area contributed by atoms with Crippen molar-refractivity contribution in [3.05, 3.63) is 38.3 Å². The van der Waals surface area contributed by atoms with Crippen molar-refractivity contribution < 1.29 is 9.72 Å². The highest BCUT2D eigenvalue weighted by molar-refractivity contribution is 9.10. The summed E-state index contributed by atoms with van der Waals surface area (Å²) in [4.78, 5) is 23.9. The maximum Gasteiger partial charge on any atom is 0.283 e. The van der Waals surface area contributed by atoms with Gasteiger partial charge in [0.05, 0.1) is 4.92 Å². The van der Waals surface area contributed by atoms with E-state index in [4.69, 9.17) is 0 Å². The minimum atomic E-state index is -0.552. The highest BCUT2D eigenvalue weighted by Crippen LogP contribution is 2.24. The molecule has 1 aromatic rings. The first-order valence-corrected chi connectivity index (χ1v) is 6.10. The Hall–Kier alpha value is -1.47. The zero-order chi connectivity index (χ0) is 13.7. The molecule has 0 spiro atoms. The number of halogens is 1. The second-order valence-corrected chi connectivity index (χ2v) is 4.66. The number of nitro benzene ring substituents is 1. The molecule has 6 nitrogen and oxygen atoms in total. The molecule has 7 heteroatoms. The van der Waals surface area contributed by atoms with Gasteiger partial charge in [-0.3, -0.25) is 14.9 Å². The first kappa shape index (κ1) is 14.6. The minimum absolute atomic E-state index is 0.0989. The highest BCUT2D eigenvalue weighted by atomic mass is 79.9. The number of rotatable bonds is 5. The van der Waals surface area contributed by atoms with Crippen molar-refractivity contribution in [1.29, 1.82) is 0 Å². The maximum atomic E-state index is 12.1. The molecule has 0 saturated carbocycles. The summed E-state index contributed by atoms with van der Waals surface area (Å²) >= 11 is 3.15. The Morgan fingerprint density at radius 1 is 1.56 bits per heavy atom. The molecule has 0 fully saturated rings. The molecule has 0 aliphatic rings. The standard InChI is InChI=1S/C11H14BrN3O3/c1-13-5-6-14(2)11(16)9-4-3-8(12)7-10(9)15(17)18/h3-4,7,13H,5-6H2,1-2H3. The molecule has 1 rings (SSSR count). The monoisotopic (exact) mass is 315 g/mol. The quantitative estimate of drug-likeness (QED) is 0.662. The fourth-order valence-corrected chi connectivity index (χ4v) is 1.77. The lowest BCUT2D eigenvalue weighted by atomic mass is 10.1. The van der Waals surface area contributed by atoms with E-state index in [2.05, 4.69) is 21.2 Å². The summed E-state index contributed by atoms with van der Waals surface area (Å²) in [5.41, 5.74) is -0.0903. The fourth-order valence-electron chi connectivity index (χ4n) is 1.42. The molecule has 1 aromatic carbocycles. The smallest absolute Gasteiger partial charge is 0.283 e. The van der Waals surface area contributed by atoms with E-state index < -0.39 is 4.92 Å². The van der Waals surface area contributed by atoms with Gasteiger partial charge in [0.1, 0.15) is 5.56 Å². The summed E-state index contributed by atoms with van der Waals surface area (Å²) in [6.07, 6.45) is 0. The van der Waals surface area contributed by atoms with Gasteiger partial charge in [0.15, 0.2) is 0 Å². The molecule has 0 aliphatic heterocycles. The third-order valence-corrected chi connectivity index (χ3v) is 2.92. The van der Waals surface area contributed by atoms with Crippen molar-refractivity contribution in [3.8, 4) is 0 Å². The van der Waals surface area contributed by atoms with Crippen LogP contribution in [0.5, 0.6) is 0 Å². The molecule has 98 valence electrons. The van der Waals surface area contributed by atoms with Crippen molar-refractivity contribution in [2.24, 2.45) is 0 Å². The Bertz CT molecular complexity index is 465. The molecule has 0 aromatic heterocycles. The summed E-state index contributed by atoms with van der Waals surface area (Å²) in [7, 11) is 3.39. The Balaban J connectivity index is 3.01. The minimum Gasteiger partial charge on any atom is -0.340 e. The zero-order valence-corrected chi connectivity index (χ0v) is 11.7. The summed E-state index contributed by atoms with van der Waals surface area (Å²) in [6.45, 7) is 1.12.